The van der Waals surface area contributed by atoms with Gasteiger partial charge in [-0.1, -0.05) is 15.9 Å². The zero-order valence-corrected chi connectivity index (χ0v) is 13.7. The van der Waals surface area contributed by atoms with Crippen LogP contribution in [0.15, 0.2) is 33.3 Å². The van der Waals surface area contributed by atoms with Crippen molar-refractivity contribution in [1.29, 1.82) is 0 Å². The molecule has 0 saturated heterocycles. The van der Waals surface area contributed by atoms with Gasteiger partial charge in [0.05, 0.1) is 10.7 Å². The summed E-state index contributed by atoms with van der Waals surface area (Å²) in [6.45, 7) is 3.96. The fourth-order valence-electron chi connectivity index (χ4n) is 1.83. The van der Waals surface area contributed by atoms with Crippen LogP contribution in [0, 0.1) is 0 Å². The fraction of sp³-hybridized carbons (Fsp3) is 0.231. The van der Waals surface area contributed by atoms with Gasteiger partial charge in [-0.05, 0) is 48.0 Å². The summed E-state index contributed by atoms with van der Waals surface area (Å²) in [6, 6.07) is 5.28. The highest BCUT2D eigenvalue weighted by Gasteiger charge is 2.20. The van der Waals surface area contributed by atoms with Gasteiger partial charge in [-0.25, -0.2) is 0 Å². The van der Waals surface area contributed by atoms with Gasteiger partial charge in [-0.2, -0.15) is 5.10 Å². The first-order chi connectivity index (χ1) is 8.90. The van der Waals surface area contributed by atoms with Crippen LogP contribution in [0.4, 0.5) is 5.69 Å². The summed E-state index contributed by atoms with van der Waals surface area (Å²) in [5.41, 5.74) is 7.39. The SMILES string of the molecule is CC(C)n1ncc(Br)c1C(=O)c1cc(N)cc(Br)c1. The van der Waals surface area contributed by atoms with Gasteiger partial charge in [-0.15, -0.1) is 0 Å². The van der Waals surface area contributed by atoms with Crippen molar-refractivity contribution in [2.24, 2.45) is 0 Å². The lowest BCUT2D eigenvalue weighted by molar-refractivity contribution is 0.102. The fourth-order valence-corrected chi connectivity index (χ4v) is 2.79. The first-order valence-electron chi connectivity index (χ1n) is 5.74. The maximum absolute atomic E-state index is 12.6. The summed E-state index contributed by atoms with van der Waals surface area (Å²) in [7, 11) is 0. The predicted molar refractivity (Wildman–Crippen MR) is 82.3 cm³/mol. The van der Waals surface area contributed by atoms with Crippen LogP contribution in [-0.4, -0.2) is 15.6 Å². The lowest BCUT2D eigenvalue weighted by atomic mass is 10.1. The Labute approximate surface area is 128 Å². The molecule has 0 aliphatic carbocycles. The molecular weight excluding hydrogens is 374 g/mol. The smallest absolute Gasteiger partial charge is 0.212 e. The summed E-state index contributed by atoms with van der Waals surface area (Å²) in [5.74, 6) is -0.105. The van der Waals surface area contributed by atoms with E-state index in [4.69, 9.17) is 5.73 Å². The van der Waals surface area contributed by atoms with Gasteiger partial charge in [-0.3, -0.25) is 9.48 Å². The van der Waals surface area contributed by atoms with E-state index in [0.29, 0.717) is 21.4 Å². The molecule has 2 N–H and O–H groups in total. The van der Waals surface area contributed by atoms with Gasteiger partial charge in [0.2, 0.25) is 5.78 Å². The Balaban J connectivity index is 2.53. The summed E-state index contributed by atoms with van der Waals surface area (Å²) in [4.78, 5) is 12.6. The maximum atomic E-state index is 12.6. The summed E-state index contributed by atoms with van der Waals surface area (Å²) in [6.07, 6.45) is 1.63. The van der Waals surface area contributed by atoms with Crippen molar-refractivity contribution >= 4 is 43.3 Å². The Kier molecular flexibility index (Phi) is 4.10. The van der Waals surface area contributed by atoms with E-state index in [1.165, 1.54) is 0 Å². The first-order valence-corrected chi connectivity index (χ1v) is 7.32. The third kappa shape index (κ3) is 2.90. The molecule has 0 fully saturated rings. The third-order valence-electron chi connectivity index (χ3n) is 2.64. The summed E-state index contributed by atoms with van der Waals surface area (Å²) < 4.78 is 3.16. The van der Waals surface area contributed by atoms with Gasteiger partial charge in [0, 0.05) is 21.8 Å². The van der Waals surface area contributed by atoms with Crippen LogP contribution in [-0.2, 0) is 0 Å². The summed E-state index contributed by atoms with van der Waals surface area (Å²) >= 11 is 6.72. The zero-order valence-electron chi connectivity index (χ0n) is 10.5. The number of halogens is 2. The molecule has 4 nitrogen and oxygen atoms in total. The average Bonchev–Trinajstić information content (AvgIpc) is 2.69. The zero-order chi connectivity index (χ0) is 14.2. The van der Waals surface area contributed by atoms with E-state index in [-0.39, 0.29) is 11.8 Å². The van der Waals surface area contributed by atoms with Gasteiger partial charge in [0.15, 0.2) is 0 Å². The lowest BCUT2D eigenvalue weighted by Crippen LogP contribution is -2.14. The number of rotatable bonds is 3. The van der Waals surface area contributed by atoms with Crippen molar-refractivity contribution in [2.45, 2.75) is 19.9 Å². The molecule has 100 valence electrons. The Bertz CT molecular complexity index is 615. The number of ketones is 1. The normalized spacial score (nSPS) is 11.0. The van der Waals surface area contributed by atoms with Gasteiger partial charge in [0.25, 0.3) is 0 Å². The van der Waals surface area contributed by atoms with E-state index in [1.54, 1.807) is 29.1 Å². The molecule has 1 aromatic carbocycles. The molecule has 0 unspecified atom stereocenters. The number of carbonyl (C=O) groups excluding carboxylic acids is 1. The molecule has 0 saturated carbocycles. The molecule has 0 atom stereocenters. The van der Waals surface area contributed by atoms with E-state index < -0.39 is 0 Å². The highest BCUT2D eigenvalue weighted by atomic mass is 79.9. The van der Waals surface area contributed by atoms with Crippen LogP contribution in [0.2, 0.25) is 0 Å². The molecule has 0 bridgehead atoms. The highest BCUT2D eigenvalue weighted by Crippen LogP contribution is 2.25. The molecule has 2 aromatic rings. The molecule has 2 rings (SSSR count). The molecule has 0 radical (unpaired) electrons. The Morgan fingerprint density at radius 1 is 1.32 bits per heavy atom. The molecule has 6 heteroatoms. The van der Waals surface area contributed by atoms with Crippen molar-refractivity contribution in [3.63, 3.8) is 0 Å². The average molecular weight is 387 g/mol. The van der Waals surface area contributed by atoms with Crippen LogP contribution in [0.25, 0.3) is 0 Å². The Hall–Kier alpha value is -1.14. The van der Waals surface area contributed by atoms with E-state index >= 15 is 0 Å². The molecule has 0 spiro atoms. The van der Waals surface area contributed by atoms with Crippen molar-refractivity contribution in [1.82, 2.24) is 9.78 Å². The van der Waals surface area contributed by atoms with Crippen LogP contribution in [0.5, 0.6) is 0 Å². The molecule has 1 aromatic heterocycles. The van der Waals surface area contributed by atoms with Crippen molar-refractivity contribution in [3.8, 4) is 0 Å². The van der Waals surface area contributed by atoms with Crippen LogP contribution in [0.3, 0.4) is 0 Å². The molecule has 0 aliphatic heterocycles. The number of carbonyl (C=O) groups is 1. The third-order valence-corrected chi connectivity index (χ3v) is 3.68. The van der Waals surface area contributed by atoms with Gasteiger partial charge >= 0.3 is 0 Å². The van der Waals surface area contributed by atoms with Gasteiger partial charge in [0.1, 0.15) is 5.69 Å². The number of hydrogen-bond acceptors (Lipinski definition) is 3. The standard InChI is InChI=1S/C13H13Br2N3O/c1-7(2)18-12(11(15)6-17-18)13(19)8-3-9(14)5-10(16)4-8/h3-7H,16H2,1-2H3. The number of benzene rings is 1. The minimum Gasteiger partial charge on any atom is -0.399 e. The molecule has 0 amide bonds. The van der Waals surface area contributed by atoms with Crippen molar-refractivity contribution in [2.75, 3.05) is 5.73 Å². The van der Waals surface area contributed by atoms with Crippen LogP contribution >= 0.6 is 31.9 Å². The first kappa shape index (κ1) is 14.3. The monoisotopic (exact) mass is 385 g/mol. The molecule has 1 heterocycles. The largest absolute Gasteiger partial charge is 0.399 e. The number of nitrogens with zero attached hydrogens (tertiary/aromatic N) is 2. The lowest BCUT2D eigenvalue weighted by Gasteiger charge is -2.11. The highest BCUT2D eigenvalue weighted by molar-refractivity contribution is 9.10. The molecule has 19 heavy (non-hydrogen) atoms. The second kappa shape index (κ2) is 5.46. The minimum absolute atomic E-state index is 0.105. The van der Waals surface area contributed by atoms with Crippen molar-refractivity contribution in [3.05, 3.63) is 44.6 Å². The maximum Gasteiger partial charge on any atom is 0.212 e. The minimum atomic E-state index is -0.105. The van der Waals surface area contributed by atoms with Crippen LogP contribution < -0.4 is 5.73 Å². The number of nitrogen functional groups attached to an aromatic ring is 1. The van der Waals surface area contributed by atoms with Crippen molar-refractivity contribution < 1.29 is 4.79 Å². The molecular formula is C13H13Br2N3O. The van der Waals surface area contributed by atoms with Crippen LogP contribution in [0.1, 0.15) is 35.9 Å². The van der Waals surface area contributed by atoms with E-state index in [2.05, 4.69) is 37.0 Å². The van der Waals surface area contributed by atoms with E-state index in [1.807, 2.05) is 13.8 Å². The Morgan fingerprint density at radius 2 is 2.00 bits per heavy atom. The number of aromatic nitrogens is 2. The van der Waals surface area contributed by atoms with E-state index in [0.717, 1.165) is 4.47 Å². The summed E-state index contributed by atoms with van der Waals surface area (Å²) in [5, 5.41) is 4.21. The quantitative estimate of drug-likeness (QED) is 0.644. The second-order valence-corrected chi connectivity index (χ2v) is 6.25. The molecule has 0 aliphatic rings. The number of anilines is 1. The predicted octanol–water partition coefficient (Wildman–Crippen LogP) is 3.80. The Morgan fingerprint density at radius 3 is 2.58 bits per heavy atom. The number of nitrogens with two attached hydrogens (primary N) is 1. The van der Waals surface area contributed by atoms with Gasteiger partial charge < -0.3 is 5.73 Å². The topological polar surface area (TPSA) is 60.9 Å². The number of hydrogen-bond donors (Lipinski definition) is 1. The van der Waals surface area contributed by atoms with E-state index in [9.17, 15) is 4.79 Å². The second-order valence-electron chi connectivity index (χ2n) is 4.48.